The van der Waals surface area contributed by atoms with Gasteiger partial charge in [0.05, 0.1) is 5.56 Å². The minimum Gasteiger partial charge on any atom is -0.506 e. The fraction of sp³-hybridized carbons (Fsp3) is 0.250. The molecule has 160 valence electrons. The van der Waals surface area contributed by atoms with E-state index in [9.17, 15) is 23.5 Å². The SMILES string of the molecule is CN(Cc1ccc(F)c(F)c1)C(=O)C1CCCN1C(=O)c1ccc2ccccc2c1O. The van der Waals surface area contributed by atoms with Crippen molar-refractivity contribution in [1.29, 1.82) is 0 Å². The number of hydrogen-bond donors (Lipinski definition) is 1. The molecular formula is C24H22F2N2O3. The second kappa shape index (κ2) is 8.34. The normalized spacial score (nSPS) is 16.0. The molecule has 3 aromatic rings. The van der Waals surface area contributed by atoms with E-state index in [0.29, 0.717) is 30.3 Å². The first-order chi connectivity index (χ1) is 14.9. The Morgan fingerprint density at radius 2 is 1.87 bits per heavy atom. The molecule has 1 fully saturated rings. The van der Waals surface area contributed by atoms with Gasteiger partial charge in [-0.15, -0.1) is 0 Å². The third-order valence-corrected chi connectivity index (χ3v) is 5.71. The highest BCUT2D eigenvalue weighted by Gasteiger charge is 2.37. The highest BCUT2D eigenvalue weighted by atomic mass is 19.2. The molecule has 0 bridgehead atoms. The Morgan fingerprint density at radius 3 is 2.65 bits per heavy atom. The van der Waals surface area contributed by atoms with Crippen LogP contribution in [-0.2, 0) is 11.3 Å². The Balaban J connectivity index is 1.54. The van der Waals surface area contributed by atoms with Gasteiger partial charge in [-0.3, -0.25) is 9.59 Å². The molecule has 0 radical (unpaired) electrons. The maximum Gasteiger partial charge on any atom is 0.258 e. The Labute approximate surface area is 178 Å². The van der Waals surface area contributed by atoms with Crippen LogP contribution in [0.15, 0.2) is 54.6 Å². The summed E-state index contributed by atoms with van der Waals surface area (Å²) in [5.41, 5.74) is 0.611. The van der Waals surface area contributed by atoms with Gasteiger partial charge in [0.1, 0.15) is 11.8 Å². The quantitative estimate of drug-likeness (QED) is 0.686. The highest BCUT2D eigenvalue weighted by Crippen LogP contribution is 2.31. The number of hydrogen-bond acceptors (Lipinski definition) is 3. The van der Waals surface area contributed by atoms with Crippen molar-refractivity contribution < 1.29 is 23.5 Å². The van der Waals surface area contributed by atoms with Crippen molar-refractivity contribution in [1.82, 2.24) is 9.80 Å². The minimum absolute atomic E-state index is 0.0930. The molecule has 0 saturated carbocycles. The van der Waals surface area contributed by atoms with Gasteiger partial charge in [0.2, 0.25) is 5.91 Å². The number of likely N-dealkylation sites (tertiary alicyclic amines) is 1. The van der Waals surface area contributed by atoms with E-state index in [0.717, 1.165) is 17.5 Å². The zero-order chi connectivity index (χ0) is 22.1. The van der Waals surface area contributed by atoms with Gasteiger partial charge in [0, 0.05) is 25.5 Å². The molecule has 2 amide bonds. The molecule has 5 nitrogen and oxygen atoms in total. The topological polar surface area (TPSA) is 60.9 Å². The summed E-state index contributed by atoms with van der Waals surface area (Å²) in [6.07, 6.45) is 1.16. The number of carbonyl (C=O) groups excluding carboxylic acids is 2. The Bertz CT molecular complexity index is 1160. The predicted molar refractivity (Wildman–Crippen MR) is 113 cm³/mol. The molecule has 0 aliphatic carbocycles. The molecule has 1 aliphatic rings. The number of amides is 2. The molecule has 0 aromatic heterocycles. The van der Waals surface area contributed by atoms with Crippen molar-refractivity contribution >= 4 is 22.6 Å². The molecule has 1 N–H and O–H groups in total. The number of phenols is 1. The van der Waals surface area contributed by atoms with Gasteiger partial charge in [0.15, 0.2) is 11.6 Å². The average Bonchev–Trinajstić information content (AvgIpc) is 3.25. The second-order valence-corrected chi connectivity index (χ2v) is 7.78. The first-order valence-corrected chi connectivity index (χ1v) is 10.1. The van der Waals surface area contributed by atoms with Crippen LogP contribution in [0.4, 0.5) is 8.78 Å². The summed E-state index contributed by atoms with van der Waals surface area (Å²) in [6, 6.07) is 13.4. The van der Waals surface area contributed by atoms with Gasteiger partial charge >= 0.3 is 0 Å². The van der Waals surface area contributed by atoms with Gasteiger partial charge in [-0.2, -0.15) is 0 Å². The summed E-state index contributed by atoms with van der Waals surface area (Å²) in [7, 11) is 1.57. The molecule has 0 spiro atoms. The number of fused-ring (bicyclic) bond motifs is 1. The van der Waals surface area contributed by atoms with E-state index in [-0.39, 0.29) is 23.8 Å². The monoisotopic (exact) mass is 424 g/mol. The lowest BCUT2D eigenvalue weighted by Crippen LogP contribution is -2.46. The summed E-state index contributed by atoms with van der Waals surface area (Å²) in [5, 5.41) is 12.0. The van der Waals surface area contributed by atoms with Crippen LogP contribution in [0.5, 0.6) is 5.75 Å². The van der Waals surface area contributed by atoms with Crippen LogP contribution in [0.1, 0.15) is 28.8 Å². The largest absolute Gasteiger partial charge is 0.506 e. The molecule has 31 heavy (non-hydrogen) atoms. The zero-order valence-corrected chi connectivity index (χ0v) is 17.0. The van der Waals surface area contributed by atoms with Gasteiger partial charge in [-0.1, -0.05) is 36.4 Å². The standard InChI is InChI=1S/C24H22F2N2O3/c1-27(14-15-8-11-19(25)20(26)13-15)24(31)21-7-4-12-28(21)23(30)18-10-9-16-5-2-3-6-17(16)22(18)29/h2-3,5-6,8-11,13,21,29H,4,7,12,14H2,1H3. The summed E-state index contributed by atoms with van der Waals surface area (Å²) in [6.45, 7) is 0.496. The Morgan fingerprint density at radius 1 is 1.10 bits per heavy atom. The molecular weight excluding hydrogens is 402 g/mol. The molecule has 7 heteroatoms. The lowest BCUT2D eigenvalue weighted by Gasteiger charge is -2.28. The highest BCUT2D eigenvalue weighted by molar-refractivity contribution is 6.05. The molecule has 1 unspecified atom stereocenters. The van der Waals surface area contributed by atoms with Crippen molar-refractivity contribution in [3.63, 3.8) is 0 Å². The fourth-order valence-corrected chi connectivity index (χ4v) is 4.09. The number of phenolic OH excluding ortho intramolecular Hbond substituents is 1. The number of nitrogens with zero attached hydrogens (tertiary/aromatic N) is 2. The average molecular weight is 424 g/mol. The van der Waals surface area contributed by atoms with Crippen LogP contribution in [0.3, 0.4) is 0 Å². The van der Waals surface area contributed by atoms with Crippen LogP contribution in [0, 0.1) is 11.6 Å². The number of aromatic hydroxyl groups is 1. The van der Waals surface area contributed by atoms with Crippen LogP contribution in [0.2, 0.25) is 0 Å². The third kappa shape index (κ3) is 3.95. The first-order valence-electron chi connectivity index (χ1n) is 10.1. The number of likely N-dealkylation sites (N-methyl/N-ethyl adjacent to an activating group) is 1. The lowest BCUT2D eigenvalue weighted by atomic mass is 10.0. The minimum atomic E-state index is -0.970. The van der Waals surface area contributed by atoms with Crippen LogP contribution < -0.4 is 0 Å². The molecule has 1 atom stereocenters. The predicted octanol–water partition coefficient (Wildman–Crippen LogP) is 4.09. The van der Waals surface area contributed by atoms with E-state index in [2.05, 4.69) is 0 Å². The van der Waals surface area contributed by atoms with E-state index in [1.54, 1.807) is 31.3 Å². The molecule has 1 heterocycles. The van der Waals surface area contributed by atoms with Gasteiger partial charge in [0.25, 0.3) is 5.91 Å². The van der Waals surface area contributed by atoms with Crippen LogP contribution in [0.25, 0.3) is 10.8 Å². The number of benzene rings is 3. The number of halogens is 2. The van der Waals surface area contributed by atoms with Crippen LogP contribution >= 0.6 is 0 Å². The second-order valence-electron chi connectivity index (χ2n) is 7.78. The van der Waals surface area contributed by atoms with Crippen molar-refractivity contribution in [2.24, 2.45) is 0 Å². The summed E-state index contributed by atoms with van der Waals surface area (Å²) in [5.74, 6) is -2.70. The van der Waals surface area contributed by atoms with Gasteiger partial charge in [-0.25, -0.2) is 8.78 Å². The Kier molecular flexibility index (Phi) is 5.59. The van der Waals surface area contributed by atoms with Crippen molar-refractivity contribution in [2.45, 2.75) is 25.4 Å². The molecule has 1 saturated heterocycles. The maximum atomic E-state index is 13.5. The van der Waals surface area contributed by atoms with Crippen molar-refractivity contribution in [3.8, 4) is 5.75 Å². The smallest absolute Gasteiger partial charge is 0.258 e. The van der Waals surface area contributed by atoms with Crippen LogP contribution in [-0.4, -0.2) is 46.4 Å². The summed E-state index contributed by atoms with van der Waals surface area (Å²) in [4.78, 5) is 29.1. The molecule has 1 aliphatic heterocycles. The lowest BCUT2D eigenvalue weighted by molar-refractivity contribution is -0.134. The number of carbonyl (C=O) groups is 2. The third-order valence-electron chi connectivity index (χ3n) is 5.71. The number of rotatable bonds is 4. The van der Waals surface area contributed by atoms with Gasteiger partial charge < -0.3 is 14.9 Å². The molecule has 4 rings (SSSR count). The fourth-order valence-electron chi connectivity index (χ4n) is 4.09. The summed E-state index contributed by atoms with van der Waals surface area (Å²) < 4.78 is 26.6. The summed E-state index contributed by atoms with van der Waals surface area (Å²) >= 11 is 0. The van der Waals surface area contributed by atoms with E-state index in [1.165, 1.54) is 15.9 Å². The first kappa shape index (κ1) is 20.8. The van der Waals surface area contributed by atoms with E-state index >= 15 is 0 Å². The van der Waals surface area contributed by atoms with Gasteiger partial charge in [-0.05, 0) is 42.0 Å². The van der Waals surface area contributed by atoms with E-state index in [4.69, 9.17) is 0 Å². The molecule has 3 aromatic carbocycles. The Hall–Kier alpha value is -3.48. The van der Waals surface area contributed by atoms with Crippen molar-refractivity contribution in [3.05, 3.63) is 77.4 Å². The van der Waals surface area contributed by atoms with Crippen molar-refractivity contribution in [2.75, 3.05) is 13.6 Å². The van der Waals surface area contributed by atoms with E-state index < -0.39 is 23.6 Å². The van der Waals surface area contributed by atoms with E-state index in [1.807, 2.05) is 12.1 Å². The maximum absolute atomic E-state index is 13.5. The zero-order valence-electron chi connectivity index (χ0n) is 17.0.